The van der Waals surface area contributed by atoms with Crippen molar-refractivity contribution in [1.82, 2.24) is 24.9 Å². The lowest BCUT2D eigenvalue weighted by molar-refractivity contribution is -0.121. The van der Waals surface area contributed by atoms with Gasteiger partial charge in [-0.1, -0.05) is 36.0 Å². The van der Waals surface area contributed by atoms with Gasteiger partial charge in [0.05, 0.1) is 12.5 Å². The zero-order valence-electron chi connectivity index (χ0n) is 15.8. The second-order valence-corrected chi connectivity index (χ2v) is 7.73. The molecule has 27 heavy (non-hydrogen) atoms. The van der Waals surface area contributed by atoms with Gasteiger partial charge >= 0.3 is 0 Å². The van der Waals surface area contributed by atoms with Gasteiger partial charge in [-0.25, -0.2) is 9.50 Å². The standard InChI is InChI=1S/C20H23N5OS/c1-12-16(13(2)25-19(21-12)23-20(24-25)27-3)11-18(26)22-17-10-6-8-14-7-4-5-9-15(14)17/h4-5,7,9,17H,6,8,10-11H2,1-3H3,(H,22,26)/t17-/m0/s1. The maximum Gasteiger partial charge on any atom is 0.253 e. The smallest absolute Gasteiger partial charge is 0.253 e. The largest absolute Gasteiger partial charge is 0.349 e. The Morgan fingerprint density at radius 1 is 1.30 bits per heavy atom. The van der Waals surface area contributed by atoms with Crippen LogP contribution in [0.25, 0.3) is 5.78 Å². The minimum absolute atomic E-state index is 0.0225. The van der Waals surface area contributed by atoms with Crippen LogP contribution in [-0.4, -0.2) is 31.7 Å². The Kier molecular flexibility index (Phi) is 4.86. The first-order valence-corrected chi connectivity index (χ1v) is 10.4. The van der Waals surface area contributed by atoms with Crippen LogP contribution in [0.2, 0.25) is 0 Å². The average molecular weight is 382 g/mol. The molecule has 0 aliphatic heterocycles. The summed E-state index contributed by atoms with van der Waals surface area (Å²) in [5.74, 6) is 0.606. The zero-order chi connectivity index (χ0) is 19.0. The highest BCUT2D eigenvalue weighted by Crippen LogP contribution is 2.29. The van der Waals surface area contributed by atoms with Crippen molar-refractivity contribution in [2.24, 2.45) is 0 Å². The number of hydrogen-bond donors (Lipinski definition) is 1. The van der Waals surface area contributed by atoms with E-state index >= 15 is 0 Å². The fraction of sp³-hybridized carbons (Fsp3) is 0.400. The van der Waals surface area contributed by atoms with Gasteiger partial charge in [0.25, 0.3) is 5.78 Å². The second kappa shape index (κ2) is 7.31. The number of nitrogens with one attached hydrogen (secondary N) is 1. The molecule has 140 valence electrons. The Balaban J connectivity index is 1.57. The van der Waals surface area contributed by atoms with Gasteiger partial charge < -0.3 is 5.32 Å². The molecule has 1 aromatic carbocycles. The fourth-order valence-electron chi connectivity index (χ4n) is 3.84. The Morgan fingerprint density at radius 2 is 2.11 bits per heavy atom. The SMILES string of the molecule is CSc1nc2nc(C)c(CC(=O)N[C@H]3CCCc4ccccc43)c(C)n2n1. The summed E-state index contributed by atoms with van der Waals surface area (Å²) in [6.07, 6.45) is 5.41. The van der Waals surface area contributed by atoms with Crippen molar-refractivity contribution in [3.63, 3.8) is 0 Å². The van der Waals surface area contributed by atoms with E-state index in [1.54, 1.807) is 4.52 Å². The topological polar surface area (TPSA) is 72.2 Å². The lowest BCUT2D eigenvalue weighted by atomic mass is 9.87. The van der Waals surface area contributed by atoms with Gasteiger partial charge in [-0.2, -0.15) is 4.98 Å². The quantitative estimate of drug-likeness (QED) is 0.703. The summed E-state index contributed by atoms with van der Waals surface area (Å²) in [6, 6.07) is 8.49. The van der Waals surface area contributed by atoms with Crippen molar-refractivity contribution in [2.45, 2.75) is 50.7 Å². The number of fused-ring (bicyclic) bond motifs is 2. The molecular formula is C20H23N5OS. The van der Waals surface area contributed by atoms with E-state index < -0.39 is 0 Å². The van der Waals surface area contributed by atoms with Gasteiger partial charge in [0.1, 0.15) is 0 Å². The minimum Gasteiger partial charge on any atom is -0.349 e. The number of aryl methyl sites for hydroxylation is 3. The van der Waals surface area contributed by atoms with Crippen LogP contribution in [0.3, 0.4) is 0 Å². The van der Waals surface area contributed by atoms with E-state index in [2.05, 4.69) is 38.6 Å². The summed E-state index contributed by atoms with van der Waals surface area (Å²) in [5, 5.41) is 8.37. The van der Waals surface area contributed by atoms with Crippen LogP contribution in [0.5, 0.6) is 0 Å². The van der Waals surface area contributed by atoms with Crippen LogP contribution < -0.4 is 5.32 Å². The summed E-state index contributed by atoms with van der Waals surface area (Å²) >= 11 is 1.48. The molecule has 0 fully saturated rings. The fourth-order valence-corrected chi connectivity index (χ4v) is 4.18. The monoisotopic (exact) mass is 381 g/mol. The third-order valence-corrected chi connectivity index (χ3v) is 5.79. The van der Waals surface area contributed by atoms with E-state index in [-0.39, 0.29) is 11.9 Å². The van der Waals surface area contributed by atoms with Crippen LogP contribution in [0.15, 0.2) is 29.4 Å². The molecule has 3 aromatic rings. The van der Waals surface area contributed by atoms with Crippen LogP contribution in [0, 0.1) is 13.8 Å². The Morgan fingerprint density at radius 3 is 2.93 bits per heavy atom. The van der Waals surface area contributed by atoms with E-state index in [0.29, 0.717) is 17.4 Å². The molecule has 0 radical (unpaired) electrons. The van der Waals surface area contributed by atoms with Crippen molar-refractivity contribution in [1.29, 1.82) is 0 Å². The van der Waals surface area contributed by atoms with Gasteiger partial charge in [-0.05, 0) is 50.5 Å². The summed E-state index contributed by atoms with van der Waals surface area (Å²) < 4.78 is 1.73. The second-order valence-electron chi connectivity index (χ2n) is 6.96. The number of nitrogens with zero attached hydrogens (tertiary/aromatic N) is 4. The van der Waals surface area contributed by atoms with E-state index in [1.165, 1.54) is 22.9 Å². The first kappa shape index (κ1) is 18.0. The number of aromatic nitrogens is 4. The van der Waals surface area contributed by atoms with Crippen molar-refractivity contribution in [3.8, 4) is 0 Å². The Hall–Kier alpha value is -2.41. The molecule has 2 aromatic heterocycles. The minimum atomic E-state index is 0.0225. The van der Waals surface area contributed by atoms with Crippen molar-refractivity contribution < 1.29 is 4.79 Å². The molecule has 4 rings (SSSR count). The normalized spacial score (nSPS) is 16.3. The molecule has 1 atom stereocenters. The van der Waals surface area contributed by atoms with E-state index in [9.17, 15) is 4.79 Å². The van der Waals surface area contributed by atoms with Crippen molar-refractivity contribution in [3.05, 3.63) is 52.3 Å². The lowest BCUT2D eigenvalue weighted by Crippen LogP contribution is -2.32. The number of rotatable bonds is 4. The number of hydrogen-bond acceptors (Lipinski definition) is 5. The molecule has 6 nitrogen and oxygen atoms in total. The molecule has 1 N–H and O–H groups in total. The van der Waals surface area contributed by atoms with Crippen molar-refractivity contribution in [2.75, 3.05) is 6.26 Å². The number of benzene rings is 1. The molecular weight excluding hydrogens is 358 g/mol. The zero-order valence-corrected chi connectivity index (χ0v) is 16.6. The van der Waals surface area contributed by atoms with E-state index in [4.69, 9.17) is 0 Å². The summed E-state index contributed by atoms with van der Waals surface area (Å²) in [4.78, 5) is 21.7. The summed E-state index contributed by atoms with van der Waals surface area (Å²) in [6.45, 7) is 3.90. The highest BCUT2D eigenvalue weighted by Gasteiger charge is 2.22. The maximum atomic E-state index is 12.8. The first-order chi connectivity index (χ1) is 13.1. The molecule has 1 aliphatic carbocycles. The molecule has 2 heterocycles. The van der Waals surface area contributed by atoms with Gasteiger partial charge in [0.15, 0.2) is 0 Å². The molecule has 0 spiro atoms. The number of thioether (sulfide) groups is 1. The highest BCUT2D eigenvalue weighted by atomic mass is 32.2. The molecule has 0 saturated heterocycles. The molecule has 0 bridgehead atoms. The third kappa shape index (κ3) is 3.43. The highest BCUT2D eigenvalue weighted by molar-refractivity contribution is 7.98. The predicted octanol–water partition coefficient (Wildman–Crippen LogP) is 3.20. The van der Waals surface area contributed by atoms with Crippen LogP contribution in [0.1, 0.15) is 47.0 Å². The summed E-state index contributed by atoms with van der Waals surface area (Å²) in [5.41, 5.74) is 5.27. The van der Waals surface area contributed by atoms with Crippen LogP contribution in [-0.2, 0) is 17.6 Å². The van der Waals surface area contributed by atoms with Crippen molar-refractivity contribution >= 4 is 23.4 Å². The predicted molar refractivity (Wildman–Crippen MR) is 106 cm³/mol. The van der Waals surface area contributed by atoms with Gasteiger partial charge in [0, 0.05) is 17.0 Å². The van der Waals surface area contributed by atoms with Gasteiger partial charge in [0.2, 0.25) is 11.1 Å². The van der Waals surface area contributed by atoms with Gasteiger partial charge in [-0.15, -0.1) is 5.10 Å². The lowest BCUT2D eigenvalue weighted by Gasteiger charge is -2.26. The molecule has 0 saturated carbocycles. The van der Waals surface area contributed by atoms with E-state index in [1.807, 2.05) is 26.2 Å². The third-order valence-electron chi connectivity index (χ3n) is 5.25. The molecule has 7 heteroatoms. The van der Waals surface area contributed by atoms with E-state index in [0.717, 1.165) is 36.2 Å². The summed E-state index contributed by atoms with van der Waals surface area (Å²) in [7, 11) is 0. The molecule has 1 amide bonds. The first-order valence-electron chi connectivity index (χ1n) is 9.21. The Bertz CT molecular complexity index is 1010. The van der Waals surface area contributed by atoms with Crippen LogP contribution >= 0.6 is 11.8 Å². The number of carbonyl (C=O) groups excluding carboxylic acids is 1. The number of carbonyl (C=O) groups is 1. The van der Waals surface area contributed by atoms with Gasteiger partial charge in [-0.3, -0.25) is 4.79 Å². The van der Waals surface area contributed by atoms with Crippen LogP contribution in [0.4, 0.5) is 0 Å². The maximum absolute atomic E-state index is 12.8. The average Bonchev–Trinajstić information content (AvgIpc) is 3.09. The molecule has 0 unspecified atom stereocenters. The molecule has 1 aliphatic rings. The number of amides is 1. The Labute approximate surface area is 162 Å².